The number of rotatable bonds is 1. The van der Waals surface area contributed by atoms with E-state index in [2.05, 4.69) is 5.32 Å². The number of amides is 1. The molecule has 21 heavy (non-hydrogen) atoms. The number of fused-ring (bicyclic) bond motifs is 1. The summed E-state index contributed by atoms with van der Waals surface area (Å²) in [6.07, 6.45) is 0.193. The quantitative estimate of drug-likeness (QED) is 0.861. The van der Waals surface area contributed by atoms with Crippen molar-refractivity contribution < 1.29 is 18.3 Å². The molecule has 1 amide bonds. The van der Waals surface area contributed by atoms with E-state index in [4.69, 9.17) is 4.74 Å². The first-order valence-electron chi connectivity index (χ1n) is 7.18. The average Bonchev–Trinajstić information content (AvgIpc) is 2.68. The van der Waals surface area contributed by atoms with Crippen molar-refractivity contribution in [2.45, 2.75) is 24.8 Å². The molecule has 1 aromatic carbocycles. The predicted molar refractivity (Wildman–Crippen MR) is 73.4 cm³/mol. The summed E-state index contributed by atoms with van der Waals surface area (Å²) in [5.74, 6) is -2.44. The monoisotopic (exact) mass is 296 g/mol. The number of nitrogens with zero attached hydrogens (tertiary/aromatic N) is 1. The molecule has 1 unspecified atom stereocenters. The number of hydrogen-bond donors (Lipinski definition) is 1. The Morgan fingerprint density at radius 3 is 3.00 bits per heavy atom. The van der Waals surface area contributed by atoms with Crippen molar-refractivity contribution in [2.24, 2.45) is 0 Å². The fourth-order valence-electron chi connectivity index (χ4n) is 2.88. The Labute approximate surface area is 122 Å². The Morgan fingerprint density at radius 1 is 1.38 bits per heavy atom. The highest BCUT2D eigenvalue weighted by Gasteiger charge is 2.39. The summed E-state index contributed by atoms with van der Waals surface area (Å²) < 4.78 is 32.6. The fourth-order valence-corrected chi connectivity index (χ4v) is 2.88. The molecule has 6 heteroatoms. The van der Waals surface area contributed by atoms with Crippen molar-refractivity contribution in [3.05, 3.63) is 29.8 Å². The molecule has 0 radical (unpaired) electrons. The van der Waals surface area contributed by atoms with Gasteiger partial charge in [0.25, 0.3) is 5.92 Å². The SMILES string of the molecule is O=C(C1NCCOc2ccccc21)N1CCCC(F)(F)C1. The van der Waals surface area contributed by atoms with Gasteiger partial charge in [0.05, 0.1) is 6.54 Å². The minimum absolute atomic E-state index is 0.144. The summed E-state index contributed by atoms with van der Waals surface area (Å²) >= 11 is 0. The number of alkyl halides is 2. The smallest absolute Gasteiger partial charge is 0.265 e. The van der Waals surface area contributed by atoms with Gasteiger partial charge in [-0.05, 0) is 12.5 Å². The highest BCUT2D eigenvalue weighted by molar-refractivity contribution is 5.84. The van der Waals surface area contributed by atoms with Gasteiger partial charge in [0.15, 0.2) is 0 Å². The van der Waals surface area contributed by atoms with E-state index < -0.39 is 18.5 Å². The van der Waals surface area contributed by atoms with Gasteiger partial charge in [-0.2, -0.15) is 0 Å². The van der Waals surface area contributed by atoms with Crippen molar-refractivity contribution >= 4 is 5.91 Å². The van der Waals surface area contributed by atoms with Gasteiger partial charge in [0, 0.05) is 25.1 Å². The number of para-hydroxylation sites is 1. The Kier molecular flexibility index (Phi) is 3.80. The van der Waals surface area contributed by atoms with Crippen molar-refractivity contribution in [3.63, 3.8) is 0 Å². The highest BCUT2D eigenvalue weighted by Crippen LogP contribution is 2.31. The summed E-state index contributed by atoms with van der Waals surface area (Å²) in [6, 6.07) is 6.64. The van der Waals surface area contributed by atoms with Crippen LogP contribution in [0.4, 0.5) is 8.78 Å². The Bertz CT molecular complexity index is 536. The molecule has 1 atom stereocenters. The molecule has 0 bridgehead atoms. The number of piperidine rings is 1. The zero-order valence-electron chi connectivity index (χ0n) is 11.6. The van der Waals surface area contributed by atoms with Crippen LogP contribution in [-0.2, 0) is 4.79 Å². The maximum absolute atomic E-state index is 13.5. The van der Waals surface area contributed by atoms with E-state index >= 15 is 0 Å². The fraction of sp³-hybridized carbons (Fsp3) is 0.533. The minimum atomic E-state index is -2.78. The molecular weight excluding hydrogens is 278 g/mol. The van der Waals surface area contributed by atoms with E-state index in [1.165, 1.54) is 4.90 Å². The molecule has 114 valence electrons. The van der Waals surface area contributed by atoms with Gasteiger partial charge in [-0.15, -0.1) is 0 Å². The molecule has 1 aromatic rings. The number of carbonyl (C=O) groups is 1. The van der Waals surface area contributed by atoms with E-state index in [0.29, 0.717) is 37.4 Å². The maximum atomic E-state index is 13.5. The molecule has 0 aliphatic carbocycles. The van der Waals surface area contributed by atoms with Crippen molar-refractivity contribution in [2.75, 3.05) is 26.2 Å². The summed E-state index contributed by atoms with van der Waals surface area (Å²) in [5.41, 5.74) is 0.717. The molecule has 3 rings (SSSR count). The van der Waals surface area contributed by atoms with Crippen molar-refractivity contribution in [1.82, 2.24) is 10.2 Å². The number of halogens is 2. The summed E-state index contributed by atoms with van der Waals surface area (Å²) in [7, 11) is 0. The molecule has 2 aliphatic rings. The van der Waals surface area contributed by atoms with Crippen LogP contribution in [0.15, 0.2) is 24.3 Å². The van der Waals surface area contributed by atoms with Crippen LogP contribution in [0.2, 0.25) is 0 Å². The van der Waals surface area contributed by atoms with Gasteiger partial charge in [0.1, 0.15) is 18.4 Å². The lowest BCUT2D eigenvalue weighted by Crippen LogP contribution is -2.49. The molecule has 1 saturated heterocycles. The standard InChI is InChI=1S/C15H18F2N2O2/c16-15(17)6-3-8-19(10-15)14(20)13-11-4-1-2-5-12(11)21-9-7-18-13/h1-2,4-5,13,18H,3,6-10H2. The predicted octanol–water partition coefficient (Wildman–Crippen LogP) is 1.97. The third-order valence-electron chi connectivity index (χ3n) is 3.89. The van der Waals surface area contributed by atoms with Crippen molar-refractivity contribution in [3.8, 4) is 5.75 Å². The molecular formula is C15H18F2N2O2. The first-order valence-corrected chi connectivity index (χ1v) is 7.18. The Hall–Kier alpha value is -1.69. The van der Waals surface area contributed by atoms with Crippen LogP contribution >= 0.6 is 0 Å². The van der Waals surface area contributed by atoms with Gasteiger partial charge in [0.2, 0.25) is 5.91 Å². The van der Waals surface area contributed by atoms with Gasteiger partial charge in [-0.1, -0.05) is 18.2 Å². The summed E-state index contributed by atoms with van der Waals surface area (Å²) in [5, 5.41) is 3.10. The first kappa shape index (κ1) is 14.3. The van der Waals surface area contributed by atoms with E-state index in [1.54, 1.807) is 12.1 Å². The number of ether oxygens (including phenoxy) is 1. The molecule has 1 N–H and O–H groups in total. The summed E-state index contributed by atoms with van der Waals surface area (Å²) in [4.78, 5) is 13.9. The average molecular weight is 296 g/mol. The molecule has 0 saturated carbocycles. The number of hydrogen-bond acceptors (Lipinski definition) is 3. The molecule has 2 heterocycles. The molecule has 4 nitrogen and oxygen atoms in total. The van der Waals surface area contributed by atoms with E-state index in [9.17, 15) is 13.6 Å². The van der Waals surface area contributed by atoms with Crippen LogP contribution in [-0.4, -0.2) is 43.0 Å². The largest absolute Gasteiger partial charge is 0.492 e. The van der Waals surface area contributed by atoms with Crippen LogP contribution in [0.3, 0.4) is 0 Å². The second kappa shape index (κ2) is 5.60. The van der Waals surface area contributed by atoms with Crippen LogP contribution in [0, 0.1) is 0 Å². The summed E-state index contributed by atoms with van der Waals surface area (Å²) in [6.45, 7) is 0.856. The number of nitrogens with one attached hydrogen (secondary N) is 1. The lowest BCUT2D eigenvalue weighted by Gasteiger charge is -2.34. The zero-order valence-corrected chi connectivity index (χ0v) is 11.6. The second-order valence-electron chi connectivity index (χ2n) is 5.49. The van der Waals surface area contributed by atoms with Crippen LogP contribution in [0.25, 0.3) is 0 Å². The maximum Gasteiger partial charge on any atom is 0.265 e. The van der Waals surface area contributed by atoms with Gasteiger partial charge >= 0.3 is 0 Å². The number of likely N-dealkylation sites (tertiary alicyclic amines) is 1. The normalized spacial score (nSPS) is 24.7. The number of benzene rings is 1. The molecule has 1 fully saturated rings. The minimum Gasteiger partial charge on any atom is -0.492 e. The molecule has 0 spiro atoms. The van der Waals surface area contributed by atoms with E-state index in [0.717, 1.165) is 0 Å². The van der Waals surface area contributed by atoms with Crippen LogP contribution < -0.4 is 10.1 Å². The first-order chi connectivity index (χ1) is 10.1. The third-order valence-corrected chi connectivity index (χ3v) is 3.89. The van der Waals surface area contributed by atoms with Gasteiger partial charge in [-0.3, -0.25) is 10.1 Å². The van der Waals surface area contributed by atoms with Crippen molar-refractivity contribution in [1.29, 1.82) is 0 Å². The molecule has 2 aliphatic heterocycles. The lowest BCUT2D eigenvalue weighted by molar-refractivity contribution is -0.144. The Morgan fingerprint density at radius 2 is 2.19 bits per heavy atom. The third kappa shape index (κ3) is 3.00. The van der Waals surface area contributed by atoms with Gasteiger partial charge < -0.3 is 9.64 Å². The van der Waals surface area contributed by atoms with Gasteiger partial charge in [-0.25, -0.2) is 8.78 Å². The van der Waals surface area contributed by atoms with Crippen LogP contribution in [0.1, 0.15) is 24.4 Å². The van der Waals surface area contributed by atoms with E-state index in [1.807, 2.05) is 12.1 Å². The highest BCUT2D eigenvalue weighted by atomic mass is 19.3. The van der Waals surface area contributed by atoms with E-state index in [-0.39, 0.29) is 12.3 Å². The lowest BCUT2D eigenvalue weighted by atomic mass is 10.0. The van der Waals surface area contributed by atoms with Crippen LogP contribution in [0.5, 0.6) is 5.75 Å². The topological polar surface area (TPSA) is 41.6 Å². The second-order valence-corrected chi connectivity index (χ2v) is 5.49. The number of carbonyl (C=O) groups excluding carboxylic acids is 1. The Balaban J connectivity index is 1.84. The molecule has 0 aromatic heterocycles. The zero-order chi connectivity index (χ0) is 14.9.